The summed E-state index contributed by atoms with van der Waals surface area (Å²) in [5.41, 5.74) is 3.11. The zero-order valence-corrected chi connectivity index (χ0v) is 23.8. The minimum absolute atomic E-state index is 0.0910. The molecule has 1 aromatic heterocycles. The van der Waals surface area contributed by atoms with E-state index in [-0.39, 0.29) is 28.0 Å². The van der Waals surface area contributed by atoms with Gasteiger partial charge in [-0.25, -0.2) is 12.4 Å². The highest BCUT2D eigenvalue weighted by molar-refractivity contribution is 7.90. The van der Waals surface area contributed by atoms with E-state index in [1.165, 1.54) is 3.97 Å². The lowest BCUT2D eigenvalue weighted by molar-refractivity contribution is -0.137. The van der Waals surface area contributed by atoms with Crippen molar-refractivity contribution in [2.24, 2.45) is 5.41 Å². The number of piperidine rings is 1. The molecule has 3 atom stereocenters. The van der Waals surface area contributed by atoms with E-state index >= 15 is 0 Å². The van der Waals surface area contributed by atoms with Gasteiger partial charge in [-0.1, -0.05) is 61.0 Å². The van der Waals surface area contributed by atoms with Crippen LogP contribution in [-0.4, -0.2) is 39.7 Å². The van der Waals surface area contributed by atoms with E-state index in [2.05, 4.69) is 6.92 Å². The van der Waals surface area contributed by atoms with E-state index in [1.54, 1.807) is 24.3 Å². The van der Waals surface area contributed by atoms with Crippen LogP contribution >= 0.6 is 0 Å². The Balaban J connectivity index is 1.48. The number of benzene rings is 3. The molecule has 1 fully saturated rings. The first-order chi connectivity index (χ1) is 18.7. The predicted molar refractivity (Wildman–Crippen MR) is 154 cm³/mol. The molecule has 202 valence electrons. The third-order valence-corrected chi connectivity index (χ3v) is 11.5. The Hall–Kier alpha value is -3.23. The standard InChI is InChI=1S/C31H32N2O4S2/c1-22-13-15-24(16-14-22)39(36,37)33-26-12-7-6-11-25(26)29-27(33)17-19-31(2)18-8-20-32(30(29)31)28(34)21-38(35)23-9-4-3-5-10-23/h3-7,9-16,30H,8,17-21H2,1-2H3/t30-,31+,38?/m0/s1. The summed E-state index contributed by atoms with van der Waals surface area (Å²) >= 11 is 0. The summed E-state index contributed by atoms with van der Waals surface area (Å²) in [5, 5.41) is 0.864. The van der Waals surface area contributed by atoms with Crippen LogP contribution in [0.15, 0.2) is 88.7 Å². The Morgan fingerprint density at radius 1 is 0.974 bits per heavy atom. The fourth-order valence-corrected chi connectivity index (χ4v) is 9.11. The lowest BCUT2D eigenvalue weighted by atomic mass is 9.65. The molecule has 1 saturated heterocycles. The van der Waals surface area contributed by atoms with Crippen LogP contribution in [-0.2, 0) is 32.0 Å². The zero-order chi connectivity index (χ0) is 27.4. The van der Waals surface area contributed by atoms with Gasteiger partial charge in [0.25, 0.3) is 10.0 Å². The molecule has 1 amide bonds. The van der Waals surface area contributed by atoms with Crippen LogP contribution < -0.4 is 0 Å². The van der Waals surface area contributed by atoms with E-state index < -0.39 is 20.8 Å². The maximum atomic E-state index is 14.1. The van der Waals surface area contributed by atoms with Gasteiger partial charge >= 0.3 is 0 Å². The molecule has 0 radical (unpaired) electrons. The average Bonchev–Trinajstić information content (AvgIpc) is 3.28. The molecule has 0 saturated carbocycles. The maximum Gasteiger partial charge on any atom is 0.268 e. The molecule has 0 spiro atoms. The lowest BCUT2D eigenvalue weighted by Gasteiger charge is -2.51. The number of aromatic nitrogens is 1. The normalized spacial score (nSPS) is 21.8. The monoisotopic (exact) mass is 560 g/mol. The summed E-state index contributed by atoms with van der Waals surface area (Å²) in [5.74, 6) is -0.245. The van der Waals surface area contributed by atoms with Crippen LogP contribution in [0.25, 0.3) is 10.9 Å². The smallest absolute Gasteiger partial charge is 0.268 e. The molecule has 1 unspecified atom stereocenters. The van der Waals surface area contributed by atoms with Crippen molar-refractivity contribution >= 4 is 37.6 Å². The van der Waals surface area contributed by atoms with Crippen molar-refractivity contribution in [1.29, 1.82) is 0 Å². The van der Waals surface area contributed by atoms with E-state index in [9.17, 15) is 17.4 Å². The fourth-order valence-electron chi connectivity index (χ4n) is 6.50. The molecule has 8 heteroatoms. The molecule has 6 nitrogen and oxygen atoms in total. The number of likely N-dealkylation sites (tertiary alicyclic amines) is 1. The van der Waals surface area contributed by atoms with Crippen LogP contribution in [0.3, 0.4) is 0 Å². The SMILES string of the molecule is Cc1ccc(S(=O)(=O)n2c3c(c4ccccc42)[C@@H]2N(C(=O)CS(=O)c4ccccc4)CCC[C@]2(C)CC3)cc1. The van der Waals surface area contributed by atoms with Gasteiger partial charge in [-0.05, 0) is 68.4 Å². The molecule has 6 rings (SSSR count). The molecular formula is C31H32N2O4S2. The minimum Gasteiger partial charge on any atom is -0.334 e. The molecule has 1 aliphatic carbocycles. The number of carbonyl (C=O) groups is 1. The first-order valence-corrected chi connectivity index (χ1v) is 16.1. The third kappa shape index (κ3) is 4.34. The van der Waals surface area contributed by atoms with Gasteiger partial charge in [-0.3, -0.25) is 9.00 Å². The quantitative estimate of drug-likeness (QED) is 0.318. The molecule has 4 aromatic rings. The summed E-state index contributed by atoms with van der Waals surface area (Å²) in [4.78, 5) is 16.6. The number of amides is 1. The van der Waals surface area contributed by atoms with Crippen molar-refractivity contribution in [2.45, 2.75) is 55.4 Å². The van der Waals surface area contributed by atoms with Gasteiger partial charge in [0.1, 0.15) is 5.75 Å². The number of nitrogens with zero attached hydrogens (tertiary/aromatic N) is 2. The number of fused-ring (bicyclic) bond motifs is 5. The highest BCUT2D eigenvalue weighted by atomic mass is 32.2. The van der Waals surface area contributed by atoms with Crippen molar-refractivity contribution in [2.75, 3.05) is 12.3 Å². The Kier molecular flexibility index (Phi) is 6.50. The van der Waals surface area contributed by atoms with E-state index in [0.29, 0.717) is 23.4 Å². The Morgan fingerprint density at radius 2 is 1.67 bits per heavy atom. The summed E-state index contributed by atoms with van der Waals surface area (Å²) < 4.78 is 42.8. The molecule has 2 heterocycles. The topological polar surface area (TPSA) is 76.5 Å². The van der Waals surface area contributed by atoms with Crippen LogP contribution in [0.4, 0.5) is 0 Å². The maximum absolute atomic E-state index is 14.1. The number of hydrogen-bond acceptors (Lipinski definition) is 4. The summed E-state index contributed by atoms with van der Waals surface area (Å²) in [7, 11) is -5.32. The molecule has 39 heavy (non-hydrogen) atoms. The van der Waals surface area contributed by atoms with E-state index in [4.69, 9.17) is 0 Å². The third-order valence-electron chi connectivity index (χ3n) is 8.43. The Morgan fingerprint density at radius 3 is 2.41 bits per heavy atom. The number of para-hydroxylation sites is 1. The number of hydrogen-bond donors (Lipinski definition) is 0. The molecule has 0 bridgehead atoms. The second kappa shape index (κ2) is 9.75. The lowest BCUT2D eigenvalue weighted by Crippen LogP contribution is -2.50. The van der Waals surface area contributed by atoms with Gasteiger partial charge in [-0.15, -0.1) is 0 Å². The Bertz CT molecular complexity index is 1690. The molecule has 0 N–H and O–H groups in total. The molecule has 3 aromatic carbocycles. The number of carbonyl (C=O) groups excluding carboxylic acids is 1. The van der Waals surface area contributed by atoms with Gasteiger partial charge in [0.2, 0.25) is 5.91 Å². The van der Waals surface area contributed by atoms with Crippen molar-refractivity contribution < 1.29 is 17.4 Å². The van der Waals surface area contributed by atoms with Crippen molar-refractivity contribution in [3.8, 4) is 0 Å². The van der Waals surface area contributed by atoms with Crippen molar-refractivity contribution in [1.82, 2.24) is 8.87 Å². The van der Waals surface area contributed by atoms with E-state index in [0.717, 1.165) is 41.5 Å². The summed E-state index contributed by atoms with van der Waals surface area (Å²) in [6, 6.07) is 23.4. The second-order valence-electron chi connectivity index (χ2n) is 11.0. The molecule has 1 aliphatic heterocycles. The largest absolute Gasteiger partial charge is 0.334 e. The Labute approximate surface area is 232 Å². The highest BCUT2D eigenvalue weighted by Crippen LogP contribution is 2.55. The second-order valence-corrected chi connectivity index (χ2v) is 14.2. The van der Waals surface area contributed by atoms with Crippen LogP contribution in [0.5, 0.6) is 0 Å². The summed E-state index contributed by atoms with van der Waals surface area (Å²) in [6.07, 6.45) is 3.20. The predicted octanol–water partition coefficient (Wildman–Crippen LogP) is 5.61. The van der Waals surface area contributed by atoms with Gasteiger partial charge in [0.05, 0.1) is 27.3 Å². The van der Waals surface area contributed by atoms with Crippen molar-refractivity contribution in [3.05, 3.63) is 95.7 Å². The number of rotatable bonds is 5. The van der Waals surface area contributed by atoms with Gasteiger partial charge in [0, 0.05) is 28.1 Å². The average molecular weight is 561 g/mol. The zero-order valence-electron chi connectivity index (χ0n) is 22.2. The van der Waals surface area contributed by atoms with Crippen LogP contribution in [0, 0.1) is 12.3 Å². The van der Waals surface area contributed by atoms with Crippen molar-refractivity contribution in [3.63, 3.8) is 0 Å². The van der Waals surface area contributed by atoms with Gasteiger partial charge in [-0.2, -0.15) is 0 Å². The first-order valence-electron chi connectivity index (χ1n) is 13.4. The minimum atomic E-state index is -3.87. The summed E-state index contributed by atoms with van der Waals surface area (Å²) in [6.45, 7) is 4.72. The van der Waals surface area contributed by atoms with Gasteiger partial charge < -0.3 is 4.90 Å². The number of aryl methyl sites for hydroxylation is 1. The molecular weight excluding hydrogens is 528 g/mol. The van der Waals surface area contributed by atoms with E-state index in [1.807, 2.05) is 66.4 Å². The van der Waals surface area contributed by atoms with Crippen LogP contribution in [0.2, 0.25) is 0 Å². The highest BCUT2D eigenvalue weighted by Gasteiger charge is 2.49. The first kappa shape index (κ1) is 26.0. The van der Waals surface area contributed by atoms with Crippen LogP contribution in [0.1, 0.15) is 49.0 Å². The van der Waals surface area contributed by atoms with Gasteiger partial charge in [0.15, 0.2) is 0 Å². The fraction of sp³-hybridized carbons (Fsp3) is 0.323. The molecule has 2 aliphatic rings.